The fourth-order valence-corrected chi connectivity index (χ4v) is 6.04. The summed E-state index contributed by atoms with van der Waals surface area (Å²) >= 11 is 6.17. The minimum atomic E-state index is -4.16. The molecule has 0 bridgehead atoms. The molecule has 0 aliphatic heterocycles. The monoisotopic (exact) mass is 599 g/mol. The van der Waals surface area contributed by atoms with E-state index in [2.05, 4.69) is 5.32 Å². The van der Waals surface area contributed by atoms with E-state index in [0.29, 0.717) is 28.6 Å². The van der Waals surface area contributed by atoms with Crippen LogP contribution in [0.15, 0.2) is 71.6 Å². The van der Waals surface area contributed by atoms with Gasteiger partial charge in [0.2, 0.25) is 11.8 Å². The highest BCUT2D eigenvalue weighted by Gasteiger charge is 2.33. The van der Waals surface area contributed by atoms with Gasteiger partial charge < -0.3 is 15.0 Å². The second kappa shape index (κ2) is 14.4. The largest absolute Gasteiger partial charge is 0.497 e. The molecule has 0 saturated heterocycles. The average Bonchev–Trinajstić information content (AvgIpc) is 2.95. The minimum absolute atomic E-state index is 0.0509. The van der Waals surface area contributed by atoms with E-state index in [1.165, 1.54) is 17.0 Å². The first-order chi connectivity index (χ1) is 19.5. The summed E-state index contributed by atoms with van der Waals surface area (Å²) in [6, 6.07) is 17.6. The summed E-state index contributed by atoms with van der Waals surface area (Å²) in [5.74, 6) is -0.239. The molecule has 0 radical (unpaired) electrons. The summed E-state index contributed by atoms with van der Waals surface area (Å²) in [5, 5.41) is 3.33. The van der Waals surface area contributed by atoms with E-state index in [9.17, 15) is 18.0 Å². The van der Waals surface area contributed by atoms with Crippen molar-refractivity contribution in [1.29, 1.82) is 0 Å². The number of aryl methyl sites for hydroxylation is 2. The summed E-state index contributed by atoms with van der Waals surface area (Å²) in [4.78, 5) is 28.6. The summed E-state index contributed by atoms with van der Waals surface area (Å²) in [6.45, 7) is 7.32. The first-order valence-corrected chi connectivity index (χ1v) is 15.4. The van der Waals surface area contributed by atoms with Gasteiger partial charge in [-0.25, -0.2) is 8.42 Å². The molecular weight excluding hydrogens is 562 g/mol. The fourth-order valence-electron chi connectivity index (χ4n) is 4.34. The Morgan fingerprint density at radius 2 is 1.73 bits per heavy atom. The molecule has 1 N–H and O–H groups in total. The summed E-state index contributed by atoms with van der Waals surface area (Å²) in [7, 11) is -2.61. The molecule has 3 aromatic carbocycles. The second-order valence-corrected chi connectivity index (χ2v) is 12.2. The lowest BCUT2D eigenvalue weighted by Crippen LogP contribution is -2.51. The molecule has 0 unspecified atom stereocenters. The maximum absolute atomic E-state index is 14.1. The van der Waals surface area contributed by atoms with Gasteiger partial charge in [0, 0.05) is 18.1 Å². The average molecular weight is 600 g/mol. The summed E-state index contributed by atoms with van der Waals surface area (Å²) < 4.78 is 34.4. The number of carbonyl (C=O) groups excluding carboxylic acids is 2. The van der Waals surface area contributed by atoms with Gasteiger partial charge in [0.1, 0.15) is 18.3 Å². The zero-order chi connectivity index (χ0) is 30.2. The third-order valence-corrected chi connectivity index (χ3v) is 8.81. The van der Waals surface area contributed by atoms with E-state index < -0.39 is 28.5 Å². The van der Waals surface area contributed by atoms with Crippen LogP contribution in [0.2, 0.25) is 5.02 Å². The van der Waals surface area contributed by atoms with Crippen molar-refractivity contribution in [3.05, 3.63) is 88.4 Å². The Balaban J connectivity index is 2.04. The lowest BCUT2D eigenvalue weighted by molar-refractivity contribution is -0.139. The number of ether oxygens (including phenoxy) is 1. The molecule has 0 heterocycles. The SMILES string of the molecule is CCCCNC(=O)[C@@H](C)N(Cc1cccc(OC)c1)C(=O)CN(c1ccc(Cl)cc1C)S(=O)(=O)c1ccc(C)cc1. The molecule has 10 heteroatoms. The number of nitrogens with one attached hydrogen (secondary N) is 1. The van der Waals surface area contributed by atoms with Crippen molar-refractivity contribution in [3.8, 4) is 5.75 Å². The summed E-state index contributed by atoms with van der Waals surface area (Å²) in [5.41, 5.74) is 2.55. The van der Waals surface area contributed by atoms with E-state index >= 15 is 0 Å². The molecular formula is C31H38ClN3O5S. The van der Waals surface area contributed by atoms with Crippen LogP contribution in [0.5, 0.6) is 5.75 Å². The Morgan fingerprint density at radius 1 is 1.02 bits per heavy atom. The standard InChI is InChI=1S/C31H38ClN3O5S/c1-6-7-17-33-31(37)24(4)34(20-25-9-8-10-27(19-25)40-5)30(36)21-35(29-16-13-26(32)18-23(29)3)41(38,39)28-14-11-22(2)12-15-28/h8-16,18-19,24H,6-7,17,20-21H2,1-5H3,(H,33,37)/t24-/m1/s1. The maximum atomic E-state index is 14.1. The van der Waals surface area contributed by atoms with E-state index in [4.69, 9.17) is 16.3 Å². The van der Waals surface area contributed by atoms with Crippen LogP contribution in [0.1, 0.15) is 43.4 Å². The topological polar surface area (TPSA) is 96.0 Å². The van der Waals surface area contributed by atoms with Gasteiger partial charge in [0.05, 0.1) is 17.7 Å². The molecule has 0 saturated carbocycles. The Morgan fingerprint density at radius 3 is 2.37 bits per heavy atom. The van der Waals surface area contributed by atoms with Crippen LogP contribution in [0.3, 0.4) is 0 Å². The van der Waals surface area contributed by atoms with E-state index in [1.807, 2.05) is 19.9 Å². The molecule has 0 spiro atoms. The lowest BCUT2D eigenvalue weighted by atomic mass is 10.1. The van der Waals surface area contributed by atoms with Gasteiger partial charge in [0.25, 0.3) is 10.0 Å². The van der Waals surface area contributed by atoms with Gasteiger partial charge >= 0.3 is 0 Å². The molecule has 0 fully saturated rings. The number of anilines is 1. The molecule has 2 amide bonds. The third kappa shape index (κ3) is 8.24. The van der Waals surface area contributed by atoms with Crippen molar-refractivity contribution in [1.82, 2.24) is 10.2 Å². The van der Waals surface area contributed by atoms with Crippen LogP contribution in [0.4, 0.5) is 5.69 Å². The Bertz CT molecular complexity index is 1460. The fraction of sp³-hybridized carbons (Fsp3) is 0.355. The highest BCUT2D eigenvalue weighted by molar-refractivity contribution is 7.92. The minimum Gasteiger partial charge on any atom is -0.497 e. The van der Waals surface area contributed by atoms with Crippen LogP contribution in [-0.4, -0.2) is 51.4 Å². The molecule has 8 nitrogen and oxygen atoms in total. The van der Waals surface area contributed by atoms with Crippen LogP contribution in [0, 0.1) is 13.8 Å². The van der Waals surface area contributed by atoms with Crippen molar-refractivity contribution in [3.63, 3.8) is 0 Å². The third-order valence-electron chi connectivity index (χ3n) is 6.80. The maximum Gasteiger partial charge on any atom is 0.264 e. The number of methoxy groups -OCH3 is 1. The van der Waals surface area contributed by atoms with Crippen LogP contribution in [-0.2, 0) is 26.2 Å². The van der Waals surface area contributed by atoms with Crippen LogP contribution < -0.4 is 14.4 Å². The number of benzene rings is 3. The normalized spacial score (nSPS) is 12.0. The highest BCUT2D eigenvalue weighted by Crippen LogP contribution is 2.29. The van der Waals surface area contributed by atoms with Crippen molar-refractivity contribution in [2.45, 2.75) is 58.0 Å². The molecule has 0 aromatic heterocycles. The second-order valence-electron chi connectivity index (χ2n) is 9.95. The quantitative estimate of drug-likeness (QED) is 0.262. The number of amides is 2. The number of sulfonamides is 1. The Hall–Kier alpha value is -3.56. The van der Waals surface area contributed by atoms with Crippen LogP contribution in [0.25, 0.3) is 0 Å². The van der Waals surface area contributed by atoms with E-state index in [-0.39, 0.29) is 17.3 Å². The number of nitrogens with zero attached hydrogens (tertiary/aromatic N) is 2. The first-order valence-electron chi connectivity index (χ1n) is 13.5. The number of hydrogen-bond acceptors (Lipinski definition) is 5. The number of unbranched alkanes of at least 4 members (excludes halogenated alkanes) is 1. The number of hydrogen-bond donors (Lipinski definition) is 1. The highest BCUT2D eigenvalue weighted by atomic mass is 35.5. The van der Waals surface area contributed by atoms with Gasteiger partial charge in [0.15, 0.2) is 0 Å². The van der Waals surface area contributed by atoms with Gasteiger partial charge in [-0.1, -0.05) is 54.8 Å². The predicted molar refractivity (Wildman–Crippen MR) is 163 cm³/mol. The molecule has 3 rings (SSSR count). The molecule has 220 valence electrons. The predicted octanol–water partition coefficient (Wildman–Crippen LogP) is 5.49. The van der Waals surface area contributed by atoms with Gasteiger partial charge in [-0.3, -0.25) is 13.9 Å². The molecule has 0 aliphatic rings. The van der Waals surface area contributed by atoms with Gasteiger partial charge in [-0.2, -0.15) is 0 Å². The van der Waals surface area contributed by atoms with E-state index in [1.54, 1.807) is 69.5 Å². The molecule has 41 heavy (non-hydrogen) atoms. The van der Waals surface area contributed by atoms with Crippen molar-refractivity contribution < 1.29 is 22.7 Å². The molecule has 1 atom stereocenters. The summed E-state index contributed by atoms with van der Waals surface area (Å²) in [6.07, 6.45) is 1.72. The molecule has 3 aromatic rings. The Kier molecular flexibility index (Phi) is 11.2. The number of rotatable bonds is 13. The van der Waals surface area contributed by atoms with E-state index in [0.717, 1.165) is 28.3 Å². The lowest BCUT2D eigenvalue weighted by Gasteiger charge is -2.32. The van der Waals surface area contributed by atoms with Gasteiger partial charge in [-0.05, 0) is 80.8 Å². The zero-order valence-electron chi connectivity index (χ0n) is 24.2. The number of carbonyl (C=O) groups is 2. The van der Waals surface area contributed by atoms with Crippen molar-refractivity contribution in [2.24, 2.45) is 0 Å². The van der Waals surface area contributed by atoms with Crippen molar-refractivity contribution >= 4 is 39.1 Å². The van der Waals surface area contributed by atoms with Crippen molar-refractivity contribution in [2.75, 3.05) is 24.5 Å². The smallest absolute Gasteiger partial charge is 0.264 e. The Labute approximate surface area is 248 Å². The zero-order valence-corrected chi connectivity index (χ0v) is 25.8. The number of halogens is 1. The first kappa shape index (κ1) is 32.0. The van der Waals surface area contributed by atoms with Crippen LogP contribution >= 0.6 is 11.6 Å². The van der Waals surface area contributed by atoms with Gasteiger partial charge in [-0.15, -0.1) is 0 Å². The molecule has 0 aliphatic carbocycles.